The van der Waals surface area contributed by atoms with Gasteiger partial charge in [-0.05, 0) is 36.4 Å². The van der Waals surface area contributed by atoms with Crippen molar-refractivity contribution in [1.29, 1.82) is 0 Å². The Morgan fingerprint density at radius 2 is 1.68 bits per heavy atom. The molecule has 3 heterocycles. The first kappa shape index (κ1) is 16.6. The normalized spacial score (nSPS) is 22.0. The van der Waals surface area contributed by atoms with Crippen molar-refractivity contribution in [1.82, 2.24) is 4.90 Å². The quantitative estimate of drug-likeness (QED) is 0.443. The number of anilines is 2. The van der Waals surface area contributed by atoms with E-state index >= 15 is 0 Å². The summed E-state index contributed by atoms with van der Waals surface area (Å²) in [6.45, 7) is 0.804. The van der Waals surface area contributed by atoms with Gasteiger partial charge in [-0.25, -0.2) is 0 Å². The van der Waals surface area contributed by atoms with Gasteiger partial charge in [-0.15, -0.1) is 11.8 Å². The Morgan fingerprint density at radius 1 is 0.893 bits per heavy atom. The van der Waals surface area contributed by atoms with Crippen LogP contribution >= 0.6 is 23.5 Å². The molecule has 0 bridgehead atoms. The number of carbonyl (C=O) groups excluding carboxylic acids is 1. The molecule has 1 N–H and O–H groups in total. The number of benzene rings is 3. The van der Waals surface area contributed by atoms with Crippen molar-refractivity contribution in [3.63, 3.8) is 0 Å². The van der Waals surface area contributed by atoms with Crippen LogP contribution in [-0.2, 0) is 4.87 Å². The summed E-state index contributed by atoms with van der Waals surface area (Å²) in [6.07, 6.45) is 1.04. The first-order valence-corrected chi connectivity index (χ1v) is 11.3. The molecule has 6 rings (SSSR count). The second-order valence-electron chi connectivity index (χ2n) is 7.25. The van der Waals surface area contributed by atoms with Crippen molar-refractivity contribution < 1.29 is 4.79 Å². The first-order valence-electron chi connectivity index (χ1n) is 9.52. The molecule has 0 aliphatic carbocycles. The summed E-state index contributed by atoms with van der Waals surface area (Å²) in [7, 11) is 0. The molecule has 3 aromatic carbocycles. The van der Waals surface area contributed by atoms with Crippen LogP contribution in [0.25, 0.3) is 0 Å². The fourth-order valence-electron chi connectivity index (χ4n) is 4.55. The van der Waals surface area contributed by atoms with Crippen LogP contribution < -0.4 is 5.32 Å². The predicted molar refractivity (Wildman–Crippen MR) is 116 cm³/mol. The molecule has 0 aromatic heterocycles. The van der Waals surface area contributed by atoms with E-state index in [4.69, 9.17) is 0 Å². The minimum absolute atomic E-state index is 0.162. The summed E-state index contributed by atoms with van der Waals surface area (Å²) in [5.74, 6) is 1.21. The fourth-order valence-corrected chi connectivity index (χ4v) is 7.32. The SMILES string of the molecule is O=C1c2ccccc2C2(c3cccc4c3Sc3ccccc3N4)SCCCN12. The molecular weight excluding hydrogens is 384 g/mol. The highest BCUT2D eigenvalue weighted by atomic mass is 32.2. The molecule has 138 valence electrons. The Kier molecular flexibility index (Phi) is 3.59. The lowest BCUT2D eigenvalue weighted by Crippen LogP contribution is -2.46. The maximum absolute atomic E-state index is 13.3. The van der Waals surface area contributed by atoms with E-state index in [0.29, 0.717) is 0 Å². The largest absolute Gasteiger partial charge is 0.354 e. The second kappa shape index (κ2) is 6.06. The van der Waals surface area contributed by atoms with Crippen LogP contribution in [0.3, 0.4) is 0 Å². The van der Waals surface area contributed by atoms with Crippen molar-refractivity contribution >= 4 is 40.8 Å². The monoisotopic (exact) mass is 402 g/mol. The lowest BCUT2D eigenvalue weighted by Gasteiger charge is -2.44. The molecular formula is C23H18N2OS2. The maximum atomic E-state index is 13.3. The van der Waals surface area contributed by atoms with Crippen LogP contribution in [0.1, 0.15) is 27.9 Å². The summed E-state index contributed by atoms with van der Waals surface area (Å²) < 4.78 is 0. The number of rotatable bonds is 1. The van der Waals surface area contributed by atoms with Gasteiger partial charge in [-0.2, -0.15) is 0 Å². The van der Waals surface area contributed by atoms with Crippen molar-refractivity contribution in [3.05, 3.63) is 83.4 Å². The number of hydrogen-bond acceptors (Lipinski definition) is 4. The van der Waals surface area contributed by atoms with Crippen molar-refractivity contribution in [2.45, 2.75) is 21.1 Å². The molecule has 3 nitrogen and oxygen atoms in total. The van der Waals surface area contributed by atoms with Crippen LogP contribution in [0, 0.1) is 0 Å². The number of nitrogens with zero attached hydrogens (tertiary/aromatic N) is 1. The molecule has 0 radical (unpaired) electrons. The van der Waals surface area contributed by atoms with E-state index in [0.717, 1.165) is 41.2 Å². The third kappa shape index (κ3) is 2.12. The highest BCUT2D eigenvalue weighted by Crippen LogP contribution is 2.58. The summed E-state index contributed by atoms with van der Waals surface area (Å²) in [5.41, 5.74) is 5.48. The van der Waals surface area contributed by atoms with Crippen LogP contribution in [0.15, 0.2) is 76.5 Å². The molecule has 0 saturated carbocycles. The number of carbonyl (C=O) groups is 1. The lowest BCUT2D eigenvalue weighted by atomic mass is 9.96. The molecule has 1 saturated heterocycles. The third-order valence-electron chi connectivity index (χ3n) is 5.73. The first-order chi connectivity index (χ1) is 13.8. The summed E-state index contributed by atoms with van der Waals surface area (Å²) in [5, 5.41) is 3.60. The molecule has 0 spiro atoms. The fraction of sp³-hybridized carbons (Fsp3) is 0.174. The standard InChI is InChI=1S/C23H18N2OS2/c26-22-15-7-1-2-8-16(15)23(25(22)13-6-14-27-23)17-9-5-11-19-21(17)28-20-12-4-3-10-18(20)24-19/h1-5,7-12,24H,6,13-14H2. The average Bonchev–Trinajstić information content (AvgIpc) is 3.02. The minimum atomic E-state index is -0.432. The van der Waals surface area contributed by atoms with E-state index in [1.807, 2.05) is 35.7 Å². The van der Waals surface area contributed by atoms with Crippen LogP contribution in [0.2, 0.25) is 0 Å². The zero-order valence-corrected chi connectivity index (χ0v) is 16.8. The van der Waals surface area contributed by atoms with Gasteiger partial charge in [0, 0.05) is 33.0 Å². The van der Waals surface area contributed by atoms with E-state index in [1.165, 1.54) is 15.4 Å². The number of thioether (sulfide) groups is 1. The van der Waals surface area contributed by atoms with Gasteiger partial charge < -0.3 is 10.2 Å². The molecule has 1 fully saturated rings. The van der Waals surface area contributed by atoms with Crippen molar-refractivity contribution in [3.8, 4) is 0 Å². The minimum Gasteiger partial charge on any atom is -0.354 e. The third-order valence-corrected chi connectivity index (χ3v) is 8.52. The molecule has 3 aromatic rings. The Labute approximate surface area is 172 Å². The zero-order chi connectivity index (χ0) is 18.7. The number of fused-ring (bicyclic) bond motifs is 5. The Hall–Kier alpha value is -2.37. The topological polar surface area (TPSA) is 32.3 Å². The summed E-state index contributed by atoms with van der Waals surface area (Å²) >= 11 is 3.71. The Balaban J connectivity index is 1.60. The number of para-hydroxylation sites is 1. The van der Waals surface area contributed by atoms with Gasteiger partial charge in [-0.3, -0.25) is 4.79 Å². The van der Waals surface area contributed by atoms with Gasteiger partial charge in [0.1, 0.15) is 4.87 Å². The summed E-state index contributed by atoms with van der Waals surface area (Å²) in [6, 6.07) is 23.0. The number of amides is 1. The van der Waals surface area contributed by atoms with Crippen molar-refractivity contribution in [2.24, 2.45) is 0 Å². The van der Waals surface area contributed by atoms with E-state index in [2.05, 4.69) is 64.8 Å². The van der Waals surface area contributed by atoms with Gasteiger partial charge in [0.15, 0.2) is 0 Å². The van der Waals surface area contributed by atoms with Gasteiger partial charge in [0.05, 0.1) is 11.4 Å². The molecule has 28 heavy (non-hydrogen) atoms. The van der Waals surface area contributed by atoms with E-state index in [-0.39, 0.29) is 5.91 Å². The highest BCUT2D eigenvalue weighted by molar-refractivity contribution is 8.01. The van der Waals surface area contributed by atoms with Gasteiger partial charge in [-0.1, -0.05) is 54.2 Å². The zero-order valence-electron chi connectivity index (χ0n) is 15.1. The lowest BCUT2D eigenvalue weighted by molar-refractivity contribution is 0.0714. The number of hydrogen-bond donors (Lipinski definition) is 1. The molecule has 5 heteroatoms. The average molecular weight is 403 g/mol. The van der Waals surface area contributed by atoms with Crippen LogP contribution in [0.4, 0.5) is 11.4 Å². The van der Waals surface area contributed by atoms with Gasteiger partial charge in [0.2, 0.25) is 0 Å². The van der Waals surface area contributed by atoms with Crippen LogP contribution in [0.5, 0.6) is 0 Å². The highest BCUT2D eigenvalue weighted by Gasteiger charge is 2.53. The molecule has 3 aliphatic rings. The van der Waals surface area contributed by atoms with E-state index < -0.39 is 4.87 Å². The van der Waals surface area contributed by atoms with E-state index in [1.54, 1.807) is 0 Å². The second-order valence-corrected chi connectivity index (χ2v) is 9.59. The summed E-state index contributed by atoms with van der Waals surface area (Å²) in [4.78, 5) is 17.4. The van der Waals surface area contributed by atoms with Gasteiger partial charge >= 0.3 is 0 Å². The Bertz CT molecular complexity index is 1130. The van der Waals surface area contributed by atoms with Crippen LogP contribution in [-0.4, -0.2) is 23.1 Å². The predicted octanol–water partition coefficient (Wildman–Crippen LogP) is 5.69. The van der Waals surface area contributed by atoms with E-state index in [9.17, 15) is 4.79 Å². The maximum Gasteiger partial charge on any atom is 0.255 e. The molecule has 1 unspecified atom stereocenters. The van der Waals surface area contributed by atoms with Gasteiger partial charge in [0.25, 0.3) is 5.91 Å². The van der Waals surface area contributed by atoms with Crippen molar-refractivity contribution in [2.75, 3.05) is 17.6 Å². The molecule has 1 amide bonds. The number of nitrogens with one attached hydrogen (secondary N) is 1. The Morgan fingerprint density at radius 3 is 2.64 bits per heavy atom. The molecule has 3 aliphatic heterocycles. The molecule has 1 atom stereocenters. The smallest absolute Gasteiger partial charge is 0.255 e.